The molecule has 1 aliphatic heterocycles. The highest BCUT2D eigenvalue weighted by Crippen LogP contribution is 2.37. The molecule has 0 aliphatic carbocycles. The molecule has 0 N–H and O–H groups in total. The smallest absolute Gasteiger partial charge is 0.119 e. The fraction of sp³-hybridized carbons (Fsp3) is 0.310. The molecule has 0 unspecified atom stereocenters. The maximum absolute atomic E-state index is 6.62. The van der Waals surface area contributed by atoms with E-state index >= 15 is 0 Å². The first-order valence-electron chi connectivity index (χ1n) is 11.8. The lowest BCUT2D eigenvalue weighted by Gasteiger charge is -2.26. The molecule has 0 radical (unpaired) electrons. The van der Waals surface area contributed by atoms with Crippen molar-refractivity contribution in [1.29, 1.82) is 0 Å². The van der Waals surface area contributed by atoms with E-state index in [0.717, 1.165) is 58.2 Å². The van der Waals surface area contributed by atoms with E-state index < -0.39 is 0 Å². The van der Waals surface area contributed by atoms with Crippen LogP contribution in [0.2, 0.25) is 5.02 Å². The molecular formula is C29H31Cl2NO. The van der Waals surface area contributed by atoms with Crippen LogP contribution in [0, 0.1) is 0 Å². The molecule has 1 aliphatic rings. The minimum Gasteiger partial charge on any atom is -0.492 e. The first kappa shape index (κ1) is 23.9. The molecule has 1 heterocycles. The molecule has 2 nitrogen and oxygen atoms in total. The molecule has 0 aromatic heterocycles. The van der Waals surface area contributed by atoms with Crippen molar-refractivity contribution in [3.05, 3.63) is 101 Å². The topological polar surface area (TPSA) is 12.5 Å². The van der Waals surface area contributed by atoms with E-state index in [1.54, 1.807) is 0 Å². The average Bonchev–Trinajstić information content (AvgIpc) is 2.86. The first-order chi connectivity index (χ1) is 16.3. The van der Waals surface area contributed by atoms with Crippen LogP contribution in [0.1, 0.15) is 42.4 Å². The van der Waals surface area contributed by atoms with Crippen LogP contribution >= 0.6 is 23.2 Å². The Hall–Kier alpha value is -2.26. The third-order valence-corrected chi connectivity index (χ3v) is 6.69. The predicted molar refractivity (Wildman–Crippen MR) is 141 cm³/mol. The number of hydrogen-bond acceptors (Lipinski definition) is 2. The molecule has 0 saturated carbocycles. The van der Waals surface area contributed by atoms with Gasteiger partial charge >= 0.3 is 0 Å². The number of hydrogen-bond donors (Lipinski definition) is 0. The lowest BCUT2D eigenvalue weighted by atomic mass is 9.88. The van der Waals surface area contributed by atoms with Gasteiger partial charge in [-0.25, -0.2) is 0 Å². The average molecular weight is 480 g/mol. The Labute approximate surface area is 207 Å². The van der Waals surface area contributed by atoms with Gasteiger partial charge in [0.1, 0.15) is 12.4 Å². The maximum atomic E-state index is 6.62. The molecule has 0 spiro atoms. The molecule has 33 heavy (non-hydrogen) atoms. The number of halogens is 2. The third-order valence-electron chi connectivity index (χ3n) is 6.18. The van der Waals surface area contributed by atoms with E-state index in [1.807, 2.05) is 24.3 Å². The summed E-state index contributed by atoms with van der Waals surface area (Å²) in [5, 5.41) is 0.740. The number of rotatable bonds is 9. The molecular weight excluding hydrogens is 449 g/mol. The molecule has 3 aromatic rings. The van der Waals surface area contributed by atoms with Gasteiger partial charge < -0.3 is 4.74 Å². The van der Waals surface area contributed by atoms with Crippen LogP contribution in [-0.4, -0.2) is 37.0 Å². The summed E-state index contributed by atoms with van der Waals surface area (Å²) in [6.45, 7) is 4.10. The van der Waals surface area contributed by atoms with Gasteiger partial charge in [0.2, 0.25) is 0 Å². The van der Waals surface area contributed by atoms with Crippen molar-refractivity contribution in [3.63, 3.8) is 0 Å². The molecule has 4 rings (SSSR count). The summed E-state index contributed by atoms with van der Waals surface area (Å²) >= 11 is 12.9. The van der Waals surface area contributed by atoms with Crippen molar-refractivity contribution >= 4 is 34.3 Å². The normalized spacial score (nSPS) is 15.2. The van der Waals surface area contributed by atoms with Gasteiger partial charge in [-0.1, -0.05) is 78.7 Å². The van der Waals surface area contributed by atoms with Crippen LogP contribution in [0.25, 0.3) is 11.1 Å². The van der Waals surface area contributed by atoms with Gasteiger partial charge in [0.15, 0.2) is 0 Å². The van der Waals surface area contributed by atoms with Crippen molar-refractivity contribution < 1.29 is 4.74 Å². The van der Waals surface area contributed by atoms with Crippen LogP contribution < -0.4 is 4.74 Å². The Kier molecular flexibility index (Phi) is 8.88. The Morgan fingerprint density at radius 2 is 1.45 bits per heavy atom. The molecule has 1 fully saturated rings. The maximum Gasteiger partial charge on any atom is 0.119 e. The van der Waals surface area contributed by atoms with Crippen molar-refractivity contribution in [2.45, 2.75) is 25.7 Å². The monoisotopic (exact) mass is 479 g/mol. The number of alkyl halides is 1. The summed E-state index contributed by atoms with van der Waals surface area (Å²) in [5.74, 6) is 1.43. The molecule has 1 saturated heterocycles. The van der Waals surface area contributed by atoms with E-state index in [1.165, 1.54) is 32.4 Å². The van der Waals surface area contributed by atoms with Gasteiger partial charge in [-0.3, -0.25) is 4.90 Å². The number of benzene rings is 3. The van der Waals surface area contributed by atoms with Crippen LogP contribution in [-0.2, 0) is 0 Å². The second-order valence-corrected chi connectivity index (χ2v) is 9.20. The number of piperidine rings is 1. The van der Waals surface area contributed by atoms with Crippen LogP contribution in [0.3, 0.4) is 0 Å². The quantitative estimate of drug-likeness (QED) is 0.229. The summed E-state index contributed by atoms with van der Waals surface area (Å²) < 4.78 is 6.06. The summed E-state index contributed by atoms with van der Waals surface area (Å²) in [4.78, 5) is 2.50. The highest BCUT2D eigenvalue weighted by Gasteiger charge is 2.16. The van der Waals surface area contributed by atoms with Gasteiger partial charge in [0.05, 0.1) is 0 Å². The minimum absolute atomic E-state index is 0.522. The molecule has 0 amide bonds. The standard InChI is InChI=1S/C29H31Cl2NO/c30-18-17-27(26-11-5-6-12-28(26)31)29(23-9-3-1-4-10-23)24-13-15-25(16-14-24)33-22-21-32-19-7-2-8-20-32/h1,3-6,9-16H,2,7-8,17-22H2. The summed E-state index contributed by atoms with van der Waals surface area (Å²) in [7, 11) is 0. The Bertz CT molecular complexity index is 1040. The molecule has 0 atom stereocenters. The van der Waals surface area contributed by atoms with Gasteiger partial charge in [-0.2, -0.15) is 0 Å². The zero-order chi connectivity index (χ0) is 22.9. The minimum atomic E-state index is 0.522. The SMILES string of the molecule is ClCCC(=C(c1ccccc1)c1ccc(OCCN2CCCCC2)cc1)c1ccccc1Cl. The lowest BCUT2D eigenvalue weighted by Crippen LogP contribution is -2.33. The van der Waals surface area contributed by atoms with Gasteiger partial charge in [-0.15, -0.1) is 11.6 Å². The van der Waals surface area contributed by atoms with E-state index in [9.17, 15) is 0 Å². The second-order valence-electron chi connectivity index (χ2n) is 8.41. The van der Waals surface area contributed by atoms with Gasteiger partial charge in [0, 0.05) is 17.4 Å². The highest BCUT2D eigenvalue weighted by atomic mass is 35.5. The van der Waals surface area contributed by atoms with Crippen molar-refractivity contribution in [2.75, 3.05) is 32.1 Å². The summed E-state index contributed by atoms with van der Waals surface area (Å²) in [6, 6.07) is 26.9. The van der Waals surface area contributed by atoms with E-state index in [2.05, 4.69) is 59.5 Å². The fourth-order valence-electron chi connectivity index (χ4n) is 4.51. The number of allylic oxidation sites excluding steroid dienone is 1. The van der Waals surface area contributed by atoms with E-state index in [4.69, 9.17) is 27.9 Å². The fourth-order valence-corrected chi connectivity index (χ4v) is 4.95. The Balaban J connectivity index is 1.62. The van der Waals surface area contributed by atoms with Gasteiger partial charge in [-0.05, 0) is 78.4 Å². The number of likely N-dealkylation sites (tertiary alicyclic amines) is 1. The first-order valence-corrected chi connectivity index (χ1v) is 12.7. The van der Waals surface area contributed by atoms with Crippen molar-refractivity contribution in [3.8, 4) is 5.75 Å². The Morgan fingerprint density at radius 1 is 0.788 bits per heavy atom. The van der Waals surface area contributed by atoms with Crippen molar-refractivity contribution in [1.82, 2.24) is 4.90 Å². The van der Waals surface area contributed by atoms with Gasteiger partial charge in [0.25, 0.3) is 0 Å². The number of ether oxygens (including phenoxy) is 1. The molecule has 172 valence electrons. The van der Waals surface area contributed by atoms with Crippen LogP contribution in [0.5, 0.6) is 5.75 Å². The lowest BCUT2D eigenvalue weighted by molar-refractivity contribution is 0.183. The van der Waals surface area contributed by atoms with E-state index in [-0.39, 0.29) is 0 Å². The van der Waals surface area contributed by atoms with Crippen LogP contribution in [0.4, 0.5) is 0 Å². The largest absolute Gasteiger partial charge is 0.492 e. The third kappa shape index (κ3) is 6.41. The number of nitrogens with zero attached hydrogens (tertiary/aromatic N) is 1. The summed E-state index contributed by atoms with van der Waals surface area (Å²) in [5.41, 5.74) is 5.62. The van der Waals surface area contributed by atoms with E-state index in [0.29, 0.717) is 5.88 Å². The molecule has 3 aromatic carbocycles. The zero-order valence-corrected chi connectivity index (χ0v) is 20.5. The predicted octanol–water partition coefficient (Wildman–Crippen LogP) is 7.79. The van der Waals surface area contributed by atoms with Crippen molar-refractivity contribution in [2.24, 2.45) is 0 Å². The summed E-state index contributed by atoms with van der Waals surface area (Å²) in [6.07, 6.45) is 4.69. The molecule has 0 bridgehead atoms. The van der Waals surface area contributed by atoms with Crippen LogP contribution in [0.15, 0.2) is 78.9 Å². The molecule has 4 heteroatoms. The Morgan fingerprint density at radius 3 is 2.15 bits per heavy atom. The highest BCUT2D eigenvalue weighted by molar-refractivity contribution is 6.32. The zero-order valence-electron chi connectivity index (χ0n) is 19.0. The second kappa shape index (κ2) is 12.3.